The van der Waals surface area contributed by atoms with Crippen LogP contribution in [-0.4, -0.2) is 50.6 Å². The number of esters is 1. The van der Waals surface area contributed by atoms with E-state index in [0.29, 0.717) is 19.4 Å². The van der Waals surface area contributed by atoms with Crippen molar-refractivity contribution in [3.8, 4) is 0 Å². The molecule has 0 saturated heterocycles. The van der Waals surface area contributed by atoms with Crippen LogP contribution < -0.4 is 5.32 Å². The van der Waals surface area contributed by atoms with Gasteiger partial charge in [-0.3, -0.25) is 10.1 Å². The first-order valence-electron chi connectivity index (χ1n) is 5.13. The largest absolute Gasteiger partial charge is 0.468 e. The van der Waals surface area contributed by atoms with Gasteiger partial charge in [-0.2, -0.15) is 0 Å². The van der Waals surface area contributed by atoms with E-state index < -0.39 is 0 Å². The molecule has 0 spiro atoms. The Hall–Kier alpha value is -0.650. The number of ether oxygens (including phenoxy) is 2. The molecule has 2 atom stereocenters. The maximum absolute atomic E-state index is 11.3. The highest BCUT2D eigenvalue weighted by molar-refractivity contribution is 5.75. The highest BCUT2D eigenvalue weighted by Gasteiger charge is 2.20. The molecule has 0 aromatic heterocycles. The lowest BCUT2D eigenvalue weighted by Crippen LogP contribution is -2.45. The van der Waals surface area contributed by atoms with Crippen molar-refractivity contribution in [2.45, 2.75) is 31.8 Å². The molecule has 5 heteroatoms. The van der Waals surface area contributed by atoms with Gasteiger partial charge in [0, 0.05) is 19.8 Å². The Balaban J connectivity index is 4.14. The number of carbonyl (C=O) groups is 1. The van der Waals surface area contributed by atoms with Gasteiger partial charge in [0.2, 0.25) is 0 Å². The summed E-state index contributed by atoms with van der Waals surface area (Å²) < 4.78 is 9.65. The van der Waals surface area contributed by atoms with E-state index in [9.17, 15) is 4.79 Å². The van der Waals surface area contributed by atoms with Gasteiger partial charge in [-0.05, 0) is 12.8 Å². The minimum atomic E-state index is -0.332. The average Bonchev–Trinajstić information content (AvgIpc) is 2.25. The highest BCUT2D eigenvalue weighted by atomic mass is 16.5. The SMILES string of the molecule is CCC(NC(CCO)COC)C(=O)OC. The molecule has 0 amide bonds. The van der Waals surface area contributed by atoms with Gasteiger partial charge in [0.05, 0.1) is 13.7 Å². The van der Waals surface area contributed by atoms with Gasteiger partial charge in [0.15, 0.2) is 0 Å². The third-order valence-electron chi connectivity index (χ3n) is 2.18. The fraction of sp³-hybridized carbons (Fsp3) is 0.900. The van der Waals surface area contributed by atoms with Crippen LogP contribution in [0.2, 0.25) is 0 Å². The second-order valence-electron chi connectivity index (χ2n) is 3.32. The third kappa shape index (κ3) is 5.71. The summed E-state index contributed by atoms with van der Waals surface area (Å²) in [6.45, 7) is 2.43. The van der Waals surface area contributed by atoms with Crippen LogP contribution in [0.4, 0.5) is 0 Å². The topological polar surface area (TPSA) is 67.8 Å². The van der Waals surface area contributed by atoms with Gasteiger partial charge in [0.25, 0.3) is 0 Å². The van der Waals surface area contributed by atoms with Crippen LogP contribution in [0.1, 0.15) is 19.8 Å². The Labute approximate surface area is 90.8 Å². The molecule has 0 saturated carbocycles. The Morgan fingerprint density at radius 3 is 2.53 bits per heavy atom. The Kier molecular flexibility index (Phi) is 8.27. The van der Waals surface area contributed by atoms with E-state index in [-0.39, 0.29) is 24.7 Å². The lowest BCUT2D eigenvalue weighted by Gasteiger charge is -2.22. The Morgan fingerprint density at radius 1 is 1.47 bits per heavy atom. The van der Waals surface area contributed by atoms with Crippen LogP contribution in [0, 0.1) is 0 Å². The summed E-state index contributed by atoms with van der Waals surface area (Å²) in [5.41, 5.74) is 0. The van der Waals surface area contributed by atoms with Gasteiger partial charge in [-0.1, -0.05) is 6.92 Å². The van der Waals surface area contributed by atoms with E-state index in [4.69, 9.17) is 9.84 Å². The van der Waals surface area contributed by atoms with Gasteiger partial charge in [0.1, 0.15) is 6.04 Å². The molecule has 0 aromatic carbocycles. The number of aliphatic hydroxyl groups is 1. The molecule has 0 heterocycles. The van der Waals surface area contributed by atoms with Crippen LogP contribution in [0.5, 0.6) is 0 Å². The Bertz CT molecular complexity index is 169. The zero-order chi connectivity index (χ0) is 11.7. The molecule has 0 bridgehead atoms. The van der Waals surface area contributed by atoms with E-state index >= 15 is 0 Å². The zero-order valence-electron chi connectivity index (χ0n) is 9.66. The van der Waals surface area contributed by atoms with Crippen molar-refractivity contribution in [1.29, 1.82) is 0 Å². The van der Waals surface area contributed by atoms with Crippen molar-refractivity contribution in [3.63, 3.8) is 0 Å². The van der Waals surface area contributed by atoms with Crippen molar-refractivity contribution in [2.75, 3.05) is 27.4 Å². The molecule has 2 N–H and O–H groups in total. The predicted molar refractivity (Wildman–Crippen MR) is 56.6 cm³/mol. The van der Waals surface area contributed by atoms with Gasteiger partial charge >= 0.3 is 5.97 Å². The molecular formula is C10H21NO4. The molecule has 0 aromatic rings. The first-order chi connectivity index (χ1) is 7.19. The highest BCUT2D eigenvalue weighted by Crippen LogP contribution is 2.00. The van der Waals surface area contributed by atoms with Gasteiger partial charge in [-0.15, -0.1) is 0 Å². The number of hydrogen-bond acceptors (Lipinski definition) is 5. The molecule has 0 aliphatic carbocycles. The minimum Gasteiger partial charge on any atom is -0.468 e. The monoisotopic (exact) mass is 219 g/mol. The summed E-state index contributed by atoms with van der Waals surface area (Å²) in [7, 11) is 2.95. The second-order valence-corrected chi connectivity index (χ2v) is 3.32. The maximum atomic E-state index is 11.3. The molecule has 5 nitrogen and oxygen atoms in total. The zero-order valence-corrected chi connectivity index (χ0v) is 9.66. The van der Waals surface area contributed by atoms with Gasteiger partial charge in [-0.25, -0.2) is 0 Å². The molecule has 0 aliphatic heterocycles. The molecule has 15 heavy (non-hydrogen) atoms. The summed E-state index contributed by atoms with van der Waals surface area (Å²) in [5.74, 6) is -0.281. The fourth-order valence-electron chi connectivity index (χ4n) is 1.35. The number of rotatable bonds is 8. The van der Waals surface area contributed by atoms with Crippen LogP contribution >= 0.6 is 0 Å². The fourth-order valence-corrected chi connectivity index (χ4v) is 1.35. The summed E-state index contributed by atoms with van der Waals surface area (Å²) in [5, 5.41) is 11.9. The van der Waals surface area contributed by atoms with Crippen LogP contribution in [0.15, 0.2) is 0 Å². The predicted octanol–water partition coefficient (Wildman–Crippen LogP) is -0.0750. The van der Waals surface area contributed by atoms with Crippen molar-refractivity contribution in [1.82, 2.24) is 5.32 Å². The summed E-state index contributed by atoms with van der Waals surface area (Å²) in [4.78, 5) is 11.3. The average molecular weight is 219 g/mol. The van der Waals surface area contributed by atoms with Gasteiger partial charge < -0.3 is 14.6 Å². The number of hydrogen-bond donors (Lipinski definition) is 2. The smallest absolute Gasteiger partial charge is 0.322 e. The van der Waals surface area contributed by atoms with E-state index in [1.54, 1.807) is 7.11 Å². The minimum absolute atomic E-state index is 0.0240. The standard InChI is InChI=1S/C10H21NO4/c1-4-9(10(13)15-3)11-8(5-6-12)7-14-2/h8-9,11-12H,4-7H2,1-3H3. The molecular weight excluding hydrogens is 198 g/mol. The van der Waals surface area contributed by atoms with Crippen LogP contribution in [0.3, 0.4) is 0 Å². The number of aliphatic hydroxyl groups excluding tert-OH is 1. The molecule has 0 aliphatic rings. The normalized spacial score (nSPS) is 14.7. The summed E-state index contributed by atoms with van der Waals surface area (Å²) in [6.07, 6.45) is 1.21. The van der Waals surface area contributed by atoms with Crippen LogP contribution in [-0.2, 0) is 14.3 Å². The Morgan fingerprint density at radius 2 is 2.13 bits per heavy atom. The van der Waals surface area contributed by atoms with E-state index in [1.165, 1.54) is 7.11 Å². The second kappa shape index (κ2) is 8.64. The van der Waals surface area contributed by atoms with E-state index in [0.717, 1.165) is 0 Å². The van der Waals surface area contributed by atoms with E-state index in [1.807, 2.05) is 6.92 Å². The van der Waals surface area contributed by atoms with Crippen molar-refractivity contribution < 1.29 is 19.4 Å². The van der Waals surface area contributed by atoms with Crippen molar-refractivity contribution in [2.24, 2.45) is 0 Å². The summed E-state index contributed by atoms with van der Waals surface area (Å²) >= 11 is 0. The first-order valence-corrected chi connectivity index (χ1v) is 5.13. The number of nitrogens with one attached hydrogen (secondary N) is 1. The summed E-state index contributed by atoms with van der Waals surface area (Å²) in [6, 6.07) is -0.356. The molecule has 90 valence electrons. The molecule has 2 unspecified atom stereocenters. The quantitative estimate of drug-likeness (QED) is 0.559. The van der Waals surface area contributed by atoms with Crippen molar-refractivity contribution in [3.05, 3.63) is 0 Å². The molecule has 0 rings (SSSR count). The van der Waals surface area contributed by atoms with E-state index in [2.05, 4.69) is 10.1 Å². The third-order valence-corrected chi connectivity index (χ3v) is 2.18. The first kappa shape index (κ1) is 14.3. The van der Waals surface area contributed by atoms with Crippen LogP contribution in [0.25, 0.3) is 0 Å². The lowest BCUT2D eigenvalue weighted by atomic mass is 10.1. The number of carbonyl (C=O) groups excluding carboxylic acids is 1. The lowest BCUT2D eigenvalue weighted by molar-refractivity contribution is -0.143. The maximum Gasteiger partial charge on any atom is 0.322 e. The molecule has 0 fully saturated rings. The molecule has 0 radical (unpaired) electrons. The van der Waals surface area contributed by atoms with Crippen molar-refractivity contribution >= 4 is 5.97 Å². The number of methoxy groups -OCH3 is 2.